The molecule has 1 N–H and O–H groups in total. The zero-order chi connectivity index (χ0) is 21.5. The minimum atomic E-state index is 0.327. The van der Waals surface area contributed by atoms with Crippen LogP contribution in [0.4, 0.5) is 11.6 Å². The van der Waals surface area contributed by atoms with Crippen LogP contribution in [-0.2, 0) is 0 Å². The maximum absolute atomic E-state index is 5.63. The fourth-order valence-electron chi connectivity index (χ4n) is 5.29. The molecule has 0 unspecified atom stereocenters. The van der Waals surface area contributed by atoms with Crippen LogP contribution in [0.3, 0.4) is 0 Å². The van der Waals surface area contributed by atoms with Crippen LogP contribution in [0.25, 0.3) is 11.0 Å². The van der Waals surface area contributed by atoms with Crippen LogP contribution in [0.1, 0.15) is 71.4 Å². The first kappa shape index (κ1) is 20.8. The minimum Gasteiger partial charge on any atom is -0.494 e. The highest BCUT2D eigenvalue weighted by molar-refractivity contribution is 5.85. The van der Waals surface area contributed by atoms with E-state index in [2.05, 4.69) is 80.9 Å². The van der Waals surface area contributed by atoms with Crippen molar-refractivity contribution >= 4 is 22.7 Å². The smallest absolute Gasteiger partial charge is 0.208 e. The summed E-state index contributed by atoms with van der Waals surface area (Å²) in [6.45, 7) is 11.6. The molecule has 1 fully saturated rings. The van der Waals surface area contributed by atoms with Gasteiger partial charge in [0.2, 0.25) is 5.95 Å². The summed E-state index contributed by atoms with van der Waals surface area (Å²) in [6, 6.07) is 15.4. The molecule has 2 atom stereocenters. The number of aromatic nitrogens is 2. The lowest BCUT2D eigenvalue weighted by atomic mass is 9.70. The van der Waals surface area contributed by atoms with Gasteiger partial charge < -0.3 is 14.6 Å². The lowest BCUT2D eigenvalue weighted by molar-refractivity contribution is 0.140. The SMILES string of the molecule is COc1cccc2c1nc(Nc1ccc(C(C)C)cc1)n2[C@@H]1C[C@H](C)CC(C)(C)C1. The Labute approximate surface area is 180 Å². The second kappa shape index (κ2) is 7.98. The number of imidazole rings is 1. The van der Waals surface area contributed by atoms with Gasteiger partial charge in [-0.3, -0.25) is 0 Å². The Morgan fingerprint density at radius 3 is 2.47 bits per heavy atom. The van der Waals surface area contributed by atoms with Crippen LogP contribution >= 0.6 is 0 Å². The van der Waals surface area contributed by atoms with E-state index >= 15 is 0 Å². The predicted molar refractivity (Wildman–Crippen MR) is 126 cm³/mol. The first-order valence-corrected chi connectivity index (χ1v) is 11.2. The van der Waals surface area contributed by atoms with E-state index in [1.165, 1.54) is 18.4 Å². The number of fused-ring (bicyclic) bond motifs is 1. The van der Waals surface area contributed by atoms with Gasteiger partial charge >= 0.3 is 0 Å². The molecule has 30 heavy (non-hydrogen) atoms. The molecule has 1 aromatic heterocycles. The van der Waals surface area contributed by atoms with Crippen LogP contribution in [0.15, 0.2) is 42.5 Å². The summed E-state index contributed by atoms with van der Waals surface area (Å²) >= 11 is 0. The quantitative estimate of drug-likeness (QED) is 0.484. The van der Waals surface area contributed by atoms with Gasteiger partial charge in [-0.25, -0.2) is 4.98 Å². The molecule has 0 radical (unpaired) electrons. The molecule has 0 amide bonds. The highest BCUT2D eigenvalue weighted by Crippen LogP contribution is 2.46. The molecule has 4 nitrogen and oxygen atoms in total. The van der Waals surface area contributed by atoms with Crippen LogP contribution in [0.5, 0.6) is 5.75 Å². The van der Waals surface area contributed by atoms with Gasteiger partial charge in [-0.2, -0.15) is 0 Å². The van der Waals surface area contributed by atoms with Crippen molar-refractivity contribution in [2.45, 2.75) is 65.8 Å². The number of nitrogens with zero attached hydrogens (tertiary/aromatic N) is 2. The topological polar surface area (TPSA) is 39.1 Å². The molecule has 3 aromatic rings. The van der Waals surface area contributed by atoms with Gasteiger partial charge in [-0.05, 0) is 66.3 Å². The van der Waals surface area contributed by atoms with Crippen LogP contribution in [-0.4, -0.2) is 16.7 Å². The Morgan fingerprint density at radius 1 is 1.10 bits per heavy atom. The Bertz CT molecular complexity index is 1020. The van der Waals surface area contributed by atoms with Gasteiger partial charge in [0.15, 0.2) is 0 Å². The third-order valence-electron chi connectivity index (χ3n) is 6.47. The van der Waals surface area contributed by atoms with Crippen molar-refractivity contribution in [3.63, 3.8) is 0 Å². The summed E-state index contributed by atoms with van der Waals surface area (Å²) in [7, 11) is 1.72. The van der Waals surface area contributed by atoms with E-state index < -0.39 is 0 Å². The van der Waals surface area contributed by atoms with Gasteiger partial charge in [-0.1, -0.05) is 52.8 Å². The lowest BCUT2D eigenvalue weighted by Gasteiger charge is -2.40. The summed E-state index contributed by atoms with van der Waals surface area (Å²) in [6.07, 6.45) is 3.60. The summed E-state index contributed by atoms with van der Waals surface area (Å²) in [5, 5.41) is 3.62. The molecule has 0 bridgehead atoms. The Balaban J connectivity index is 1.79. The number of anilines is 2. The monoisotopic (exact) mass is 405 g/mol. The van der Waals surface area contributed by atoms with Gasteiger partial charge in [0.05, 0.1) is 12.6 Å². The molecular weight excluding hydrogens is 370 g/mol. The average molecular weight is 406 g/mol. The summed E-state index contributed by atoms with van der Waals surface area (Å²) in [5.74, 6) is 2.95. The number of nitrogens with one attached hydrogen (secondary N) is 1. The summed E-state index contributed by atoms with van der Waals surface area (Å²) in [4.78, 5) is 5.01. The molecule has 0 spiro atoms. The first-order chi connectivity index (χ1) is 14.3. The highest BCUT2D eigenvalue weighted by atomic mass is 16.5. The lowest BCUT2D eigenvalue weighted by Crippen LogP contribution is -2.29. The Hall–Kier alpha value is -2.49. The number of benzene rings is 2. The third kappa shape index (κ3) is 4.05. The molecule has 4 heteroatoms. The molecule has 1 heterocycles. The fraction of sp³-hybridized carbons (Fsp3) is 0.500. The maximum Gasteiger partial charge on any atom is 0.208 e. The fourth-order valence-corrected chi connectivity index (χ4v) is 5.29. The standard InChI is InChI=1S/C26H35N3O/c1-17(2)19-10-12-20(13-11-19)27-25-28-24-22(8-7-9-23(24)30-6)29(25)21-14-18(3)15-26(4,5)16-21/h7-13,17-18,21H,14-16H2,1-6H3,(H,27,28)/t18-,21+/m0/s1. The third-order valence-corrected chi connectivity index (χ3v) is 6.47. The van der Waals surface area contributed by atoms with E-state index in [0.717, 1.165) is 34.8 Å². The minimum absolute atomic E-state index is 0.327. The molecule has 4 rings (SSSR count). The van der Waals surface area contributed by atoms with E-state index in [1.54, 1.807) is 7.11 Å². The van der Waals surface area contributed by atoms with Crippen molar-refractivity contribution < 1.29 is 4.74 Å². The van der Waals surface area contributed by atoms with Gasteiger partial charge in [0.25, 0.3) is 0 Å². The highest BCUT2D eigenvalue weighted by Gasteiger charge is 2.35. The normalized spacial score (nSPS) is 21.2. The van der Waals surface area contributed by atoms with Crippen LogP contribution in [0, 0.1) is 11.3 Å². The molecule has 0 aliphatic heterocycles. The van der Waals surface area contributed by atoms with E-state index in [-0.39, 0.29) is 0 Å². The van der Waals surface area contributed by atoms with Crippen LogP contribution in [0.2, 0.25) is 0 Å². The Morgan fingerprint density at radius 2 is 1.83 bits per heavy atom. The van der Waals surface area contributed by atoms with Crippen molar-refractivity contribution in [1.82, 2.24) is 9.55 Å². The number of para-hydroxylation sites is 1. The molecule has 2 aromatic carbocycles. The summed E-state index contributed by atoms with van der Waals surface area (Å²) < 4.78 is 8.06. The molecule has 160 valence electrons. The molecule has 1 aliphatic rings. The Kier molecular flexibility index (Phi) is 5.52. The van der Waals surface area contributed by atoms with E-state index in [4.69, 9.17) is 9.72 Å². The number of hydrogen-bond donors (Lipinski definition) is 1. The molecular formula is C26H35N3O. The van der Waals surface area contributed by atoms with Crippen LogP contribution < -0.4 is 10.1 Å². The second-order valence-electron chi connectivity index (χ2n) is 10.1. The average Bonchev–Trinajstić information content (AvgIpc) is 3.04. The number of ether oxygens (including phenoxy) is 1. The molecule has 1 saturated carbocycles. The first-order valence-electron chi connectivity index (χ1n) is 11.2. The van der Waals surface area contributed by atoms with Gasteiger partial charge in [0, 0.05) is 11.7 Å². The van der Waals surface area contributed by atoms with Crippen molar-refractivity contribution in [1.29, 1.82) is 0 Å². The second-order valence-corrected chi connectivity index (χ2v) is 10.1. The zero-order valence-electron chi connectivity index (χ0n) is 19.2. The van der Waals surface area contributed by atoms with E-state index in [0.29, 0.717) is 23.3 Å². The predicted octanol–water partition coefficient (Wildman–Crippen LogP) is 7.30. The van der Waals surface area contributed by atoms with E-state index in [1.807, 2.05) is 6.07 Å². The zero-order valence-corrected chi connectivity index (χ0v) is 19.2. The largest absolute Gasteiger partial charge is 0.494 e. The van der Waals surface area contributed by atoms with Gasteiger partial charge in [0.1, 0.15) is 11.3 Å². The maximum atomic E-state index is 5.63. The summed E-state index contributed by atoms with van der Waals surface area (Å²) in [5.41, 5.74) is 4.81. The molecule has 0 saturated heterocycles. The van der Waals surface area contributed by atoms with Crippen molar-refractivity contribution in [2.24, 2.45) is 11.3 Å². The van der Waals surface area contributed by atoms with Gasteiger partial charge in [-0.15, -0.1) is 0 Å². The van der Waals surface area contributed by atoms with E-state index in [9.17, 15) is 0 Å². The van der Waals surface area contributed by atoms with Crippen molar-refractivity contribution in [3.05, 3.63) is 48.0 Å². The molecule has 1 aliphatic carbocycles. The van der Waals surface area contributed by atoms with Crippen molar-refractivity contribution in [2.75, 3.05) is 12.4 Å². The number of methoxy groups -OCH3 is 1. The number of hydrogen-bond acceptors (Lipinski definition) is 3. The van der Waals surface area contributed by atoms with Crippen molar-refractivity contribution in [3.8, 4) is 5.75 Å². The number of rotatable bonds is 5.